The molecule has 1 fully saturated rings. The third kappa shape index (κ3) is 4.89. The van der Waals surface area contributed by atoms with Gasteiger partial charge in [0.25, 0.3) is 5.91 Å². The number of rotatable bonds is 8. The van der Waals surface area contributed by atoms with E-state index in [4.69, 9.17) is 21.3 Å². The maximum absolute atomic E-state index is 11.9. The number of amides is 1. The molecule has 2 aromatic rings. The Bertz CT molecular complexity index is 1090. The molecular formula is C15H20N6O9S. The van der Waals surface area contributed by atoms with Gasteiger partial charge in [-0.2, -0.15) is 8.42 Å². The number of aliphatic carboxylic acids is 1. The molecule has 1 aliphatic rings. The molecule has 2 aromatic heterocycles. The van der Waals surface area contributed by atoms with Crippen LogP contribution in [0.5, 0.6) is 0 Å². The van der Waals surface area contributed by atoms with Gasteiger partial charge in [-0.15, -0.1) is 0 Å². The molecule has 0 spiro atoms. The number of aromatic nitrogens is 3. The zero-order valence-electron chi connectivity index (χ0n) is 15.7. The predicted octanol–water partition coefficient (Wildman–Crippen LogP) is -3.19. The molecule has 3 rings (SSSR count). The standard InChI is InChI=1S/C15H20N6O9S/c16-6(3-9(22)23)14(26)20-31(27,28)29-4-8-11(24)12(25)15(30-8)21-5-19-10-7(21)1-2-18-13(10)17/h1-2,5-6,8,11-12,15,24-25H,3-4,16H2,(H2,17,18)(H,20,26)(H,22,23)/t6-,8+,11+,12+,15+/m0/s1. The Kier molecular flexibility index (Phi) is 6.39. The number of aliphatic hydroxyl groups excluding tert-OH is 2. The molecule has 1 amide bonds. The van der Waals surface area contributed by atoms with Crippen LogP contribution in [0.25, 0.3) is 11.0 Å². The molecule has 15 nitrogen and oxygen atoms in total. The molecule has 170 valence electrons. The van der Waals surface area contributed by atoms with E-state index in [9.17, 15) is 28.2 Å². The van der Waals surface area contributed by atoms with Gasteiger partial charge in [-0.25, -0.2) is 14.7 Å². The number of nitrogens with one attached hydrogen (secondary N) is 1. The van der Waals surface area contributed by atoms with Crippen molar-refractivity contribution in [3.63, 3.8) is 0 Å². The van der Waals surface area contributed by atoms with Crippen molar-refractivity contribution in [3.05, 3.63) is 18.6 Å². The van der Waals surface area contributed by atoms with E-state index < -0.39 is 65.8 Å². The minimum Gasteiger partial charge on any atom is -0.481 e. The SMILES string of the molecule is Nc1nccc2c1ncn2[C@@H]1O[C@H](COS(=O)(=O)NC(=O)[C@@H](N)CC(=O)O)[C@@H](O)[C@H]1O. The van der Waals surface area contributed by atoms with E-state index in [1.165, 1.54) is 21.8 Å². The van der Waals surface area contributed by atoms with Gasteiger partial charge < -0.3 is 36.1 Å². The van der Waals surface area contributed by atoms with Crippen molar-refractivity contribution < 1.29 is 42.2 Å². The van der Waals surface area contributed by atoms with Gasteiger partial charge in [-0.3, -0.25) is 13.8 Å². The van der Waals surface area contributed by atoms with Crippen molar-refractivity contribution in [1.82, 2.24) is 19.3 Å². The fourth-order valence-electron chi connectivity index (χ4n) is 2.95. The van der Waals surface area contributed by atoms with Crippen LogP contribution in [0.1, 0.15) is 12.6 Å². The number of anilines is 1. The van der Waals surface area contributed by atoms with E-state index in [2.05, 4.69) is 14.2 Å². The molecule has 1 saturated heterocycles. The number of carboxylic acid groups (broad SMARTS) is 1. The van der Waals surface area contributed by atoms with E-state index in [0.29, 0.717) is 11.0 Å². The number of hydrogen-bond acceptors (Lipinski definition) is 12. The molecule has 0 unspecified atom stereocenters. The first kappa shape index (κ1) is 22.8. The lowest BCUT2D eigenvalue weighted by atomic mass is 10.1. The lowest BCUT2D eigenvalue weighted by molar-refractivity contribution is -0.139. The fraction of sp³-hybridized carbons (Fsp3) is 0.467. The van der Waals surface area contributed by atoms with Gasteiger partial charge in [0.15, 0.2) is 12.0 Å². The average molecular weight is 460 g/mol. The zero-order chi connectivity index (χ0) is 22.9. The number of pyridine rings is 1. The molecule has 0 aliphatic carbocycles. The Morgan fingerprint density at radius 1 is 1.32 bits per heavy atom. The summed E-state index contributed by atoms with van der Waals surface area (Å²) in [5, 5.41) is 29.2. The highest BCUT2D eigenvalue weighted by molar-refractivity contribution is 7.85. The van der Waals surface area contributed by atoms with Crippen LogP contribution in [0.2, 0.25) is 0 Å². The van der Waals surface area contributed by atoms with Gasteiger partial charge in [0.05, 0.1) is 30.9 Å². The van der Waals surface area contributed by atoms with Crippen LogP contribution in [-0.4, -0.2) is 81.1 Å². The maximum atomic E-state index is 11.9. The van der Waals surface area contributed by atoms with Crippen molar-refractivity contribution >= 4 is 39.0 Å². The molecule has 16 heteroatoms. The van der Waals surface area contributed by atoms with Crippen molar-refractivity contribution in [2.75, 3.05) is 12.3 Å². The topological polar surface area (TPSA) is 242 Å². The van der Waals surface area contributed by atoms with Crippen LogP contribution in [0, 0.1) is 0 Å². The highest BCUT2D eigenvalue weighted by Gasteiger charge is 2.45. The van der Waals surface area contributed by atoms with E-state index in [0.717, 1.165) is 0 Å². The first-order chi connectivity index (χ1) is 14.5. The normalized spacial score (nSPS) is 24.9. The molecule has 0 aromatic carbocycles. The summed E-state index contributed by atoms with van der Waals surface area (Å²) in [6.07, 6.45) is -3.51. The number of carbonyl (C=O) groups is 2. The van der Waals surface area contributed by atoms with Crippen LogP contribution in [0.3, 0.4) is 0 Å². The second-order valence-electron chi connectivity index (χ2n) is 6.67. The molecule has 8 N–H and O–H groups in total. The van der Waals surface area contributed by atoms with Crippen molar-refractivity contribution in [3.8, 4) is 0 Å². The molecule has 5 atom stereocenters. The number of aliphatic hydroxyl groups is 2. The molecule has 3 heterocycles. The number of fused-ring (bicyclic) bond motifs is 1. The van der Waals surface area contributed by atoms with E-state index in [1.807, 2.05) is 0 Å². The molecule has 0 bridgehead atoms. The lowest BCUT2D eigenvalue weighted by Gasteiger charge is -2.17. The first-order valence-corrected chi connectivity index (χ1v) is 10.2. The summed E-state index contributed by atoms with van der Waals surface area (Å²) in [6, 6.07) is -0.0578. The van der Waals surface area contributed by atoms with E-state index in [-0.39, 0.29) is 5.82 Å². The Balaban J connectivity index is 1.66. The van der Waals surface area contributed by atoms with Gasteiger partial charge in [0.1, 0.15) is 23.8 Å². The summed E-state index contributed by atoms with van der Waals surface area (Å²) in [6.45, 7) is -0.762. The van der Waals surface area contributed by atoms with Gasteiger partial charge in [-0.05, 0) is 6.07 Å². The predicted molar refractivity (Wildman–Crippen MR) is 101 cm³/mol. The number of nitrogens with two attached hydrogens (primary N) is 2. The number of nitrogens with zero attached hydrogens (tertiary/aromatic N) is 3. The summed E-state index contributed by atoms with van der Waals surface area (Å²) < 4.78 is 36.8. The zero-order valence-corrected chi connectivity index (χ0v) is 16.5. The van der Waals surface area contributed by atoms with E-state index in [1.54, 1.807) is 6.07 Å². The second-order valence-corrected chi connectivity index (χ2v) is 8.02. The Morgan fingerprint density at radius 2 is 2.03 bits per heavy atom. The minimum absolute atomic E-state index is 0.145. The Morgan fingerprint density at radius 3 is 2.71 bits per heavy atom. The van der Waals surface area contributed by atoms with Gasteiger partial charge in [-0.1, -0.05) is 0 Å². The average Bonchev–Trinajstić information content (AvgIpc) is 3.22. The Hall–Kier alpha value is -2.89. The minimum atomic E-state index is -4.69. The van der Waals surface area contributed by atoms with Gasteiger partial charge in [0, 0.05) is 6.20 Å². The van der Waals surface area contributed by atoms with Crippen LogP contribution < -0.4 is 16.2 Å². The monoisotopic (exact) mass is 460 g/mol. The summed E-state index contributed by atoms with van der Waals surface area (Å²) in [5.41, 5.74) is 11.8. The Labute approximate surface area is 174 Å². The quantitative estimate of drug-likeness (QED) is 0.228. The van der Waals surface area contributed by atoms with Crippen molar-refractivity contribution in [2.24, 2.45) is 5.73 Å². The largest absolute Gasteiger partial charge is 0.481 e. The number of imidazole rings is 1. The lowest BCUT2D eigenvalue weighted by Crippen LogP contribution is -2.45. The van der Waals surface area contributed by atoms with Gasteiger partial charge in [0.2, 0.25) is 0 Å². The second kappa shape index (κ2) is 8.69. The third-order valence-electron chi connectivity index (χ3n) is 4.48. The molecular weight excluding hydrogens is 440 g/mol. The number of carbonyl (C=O) groups excluding carboxylic acids is 1. The number of ether oxygens (including phenoxy) is 1. The van der Waals surface area contributed by atoms with Crippen LogP contribution in [-0.2, 0) is 28.8 Å². The highest BCUT2D eigenvalue weighted by atomic mass is 32.2. The summed E-state index contributed by atoms with van der Waals surface area (Å²) >= 11 is 0. The highest BCUT2D eigenvalue weighted by Crippen LogP contribution is 2.32. The first-order valence-electron chi connectivity index (χ1n) is 8.77. The smallest absolute Gasteiger partial charge is 0.362 e. The molecule has 0 saturated carbocycles. The summed E-state index contributed by atoms with van der Waals surface area (Å²) in [4.78, 5) is 30.2. The van der Waals surface area contributed by atoms with Crippen molar-refractivity contribution in [1.29, 1.82) is 0 Å². The van der Waals surface area contributed by atoms with Gasteiger partial charge >= 0.3 is 16.3 Å². The van der Waals surface area contributed by atoms with Crippen LogP contribution in [0.15, 0.2) is 18.6 Å². The van der Waals surface area contributed by atoms with Crippen LogP contribution in [0.4, 0.5) is 5.82 Å². The van der Waals surface area contributed by atoms with Crippen molar-refractivity contribution in [2.45, 2.75) is 37.0 Å². The number of carboxylic acids is 1. The van der Waals surface area contributed by atoms with E-state index >= 15 is 0 Å². The number of nitrogen functional groups attached to an aromatic ring is 1. The molecule has 1 aliphatic heterocycles. The third-order valence-corrected chi connectivity index (χ3v) is 5.37. The molecule has 31 heavy (non-hydrogen) atoms. The summed E-state index contributed by atoms with van der Waals surface area (Å²) in [5.74, 6) is -2.54. The fourth-order valence-corrected chi connectivity index (χ4v) is 3.72. The summed E-state index contributed by atoms with van der Waals surface area (Å²) in [7, 11) is -4.69. The van der Waals surface area contributed by atoms with Crippen LogP contribution >= 0.6 is 0 Å². The maximum Gasteiger partial charge on any atom is 0.362 e. The molecule has 0 radical (unpaired) electrons. The number of hydrogen-bond donors (Lipinski definition) is 6.